The van der Waals surface area contributed by atoms with E-state index in [2.05, 4.69) is 56.4 Å². The zero-order valence-electron chi connectivity index (χ0n) is 12.3. The van der Waals surface area contributed by atoms with Crippen LogP contribution in [-0.4, -0.2) is 0 Å². The molecule has 2 nitrogen and oxygen atoms in total. The van der Waals surface area contributed by atoms with Crippen molar-refractivity contribution in [1.29, 1.82) is 5.26 Å². The first kappa shape index (κ1) is 14.3. The third-order valence-electron chi connectivity index (χ3n) is 3.68. The summed E-state index contributed by atoms with van der Waals surface area (Å²) in [5.41, 5.74) is 5.93. The van der Waals surface area contributed by atoms with Gasteiger partial charge >= 0.3 is 0 Å². The SMILES string of the molecule is Cc1cc(C)c(C(C#N)NCc2ccccc2)cc1C. The molecule has 2 aromatic rings. The van der Waals surface area contributed by atoms with E-state index in [1.807, 2.05) is 18.2 Å². The van der Waals surface area contributed by atoms with Gasteiger partial charge in [-0.2, -0.15) is 5.26 Å². The Morgan fingerprint density at radius 3 is 2.30 bits per heavy atom. The first-order valence-electron chi connectivity index (χ1n) is 6.86. The standard InChI is InChI=1S/C18H20N2/c1-13-9-15(3)17(10-14(13)2)18(11-19)20-12-16-7-5-4-6-8-16/h4-10,18,20H,12H2,1-3H3. The molecular weight excluding hydrogens is 244 g/mol. The van der Waals surface area contributed by atoms with Gasteiger partial charge in [0.25, 0.3) is 0 Å². The molecule has 0 aromatic heterocycles. The summed E-state index contributed by atoms with van der Waals surface area (Å²) in [4.78, 5) is 0. The van der Waals surface area contributed by atoms with Crippen LogP contribution < -0.4 is 5.32 Å². The Bertz CT molecular complexity index is 624. The van der Waals surface area contributed by atoms with Gasteiger partial charge in [0.15, 0.2) is 0 Å². The van der Waals surface area contributed by atoms with E-state index in [0.29, 0.717) is 6.54 Å². The van der Waals surface area contributed by atoms with Gasteiger partial charge < -0.3 is 0 Å². The van der Waals surface area contributed by atoms with Crippen LogP contribution in [0.4, 0.5) is 0 Å². The molecule has 0 heterocycles. The maximum absolute atomic E-state index is 9.43. The molecule has 0 aliphatic rings. The number of rotatable bonds is 4. The lowest BCUT2D eigenvalue weighted by Crippen LogP contribution is -2.20. The molecule has 0 radical (unpaired) electrons. The highest BCUT2D eigenvalue weighted by Crippen LogP contribution is 2.22. The fourth-order valence-corrected chi connectivity index (χ4v) is 2.33. The van der Waals surface area contributed by atoms with Crippen molar-refractivity contribution in [2.45, 2.75) is 33.4 Å². The van der Waals surface area contributed by atoms with Gasteiger partial charge in [0.2, 0.25) is 0 Å². The second-order valence-corrected chi connectivity index (χ2v) is 5.22. The average molecular weight is 264 g/mol. The van der Waals surface area contributed by atoms with Crippen LogP contribution in [-0.2, 0) is 6.54 Å². The largest absolute Gasteiger partial charge is 0.294 e. The number of benzene rings is 2. The number of nitriles is 1. The normalized spacial score (nSPS) is 11.9. The van der Waals surface area contributed by atoms with Crippen LogP contribution >= 0.6 is 0 Å². The molecule has 1 unspecified atom stereocenters. The lowest BCUT2D eigenvalue weighted by Gasteiger charge is -2.16. The van der Waals surface area contributed by atoms with Crippen LogP contribution in [0, 0.1) is 32.1 Å². The zero-order valence-corrected chi connectivity index (χ0v) is 12.3. The molecule has 2 aromatic carbocycles. The minimum absolute atomic E-state index is 0.269. The third kappa shape index (κ3) is 3.26. The van der Waals surface area contributed by atoms with Gasteiger partial charge in [0.05, 0.1) is 6.07 Å². The quantitative estimate of drug-likeness (QED) is 0.907. The summed E-state index contributed by atoms with van der Waals surface area (Å²) in [5, 5.41) is 12.8. The van der Waals surface area contributed by atoms with Gasteiger partial charge in [-0.3, -0.25) is 5.32 Å². The minimum atomic E-state index is -0.269. The zero-order chi connectivity index (χ0) is 14.5. The highest BCUT2D eigenvalue weighted by atomic mass is 14.9. The molecule has 20 heavy (non-hydrogen) atoms. The van der Waals surface area contributed by atoms with Crippen LogP contribution in [0.25, 0.3) is 0 Å². The molecular formula is C18H20N2. The van der Waals surface area contributed by atoms with E-state index in [1.54, 1.807) is 0 Å². The fraction of sp³-hybridized carbons (Fsp3) is 0.278. The fourth-order valence-electron chi connectivity index (χ4n) is 2.33. The maximum atomic E-state index is 9.43. The van der Waals surface area contributed by atoms with Crippen LogP contribution in [0.2, 0.25) is 0 Å². The van der Waals surface area contributed by atoms with Crippen molar-refractivity contribution in [3.8, 4) is 6.07 Å². The molecule has 1 N–H and O–H groups in total. The molecule has 0 aliphatic heterocycles. The predicted molar refractivity (Wildman–Crippen MR) is 82.3 cm³/mol. The van der Waals surface area contributed by atoms with Gasteiger partial charge in [-0.25, -0.2) is 0 Å². The molecule has 2 rings (SSSR count). The Hall–Kier alpha value is -2.11. The van der Waals surface area contributed by atoms with Gasteiger partial charge in [-0.05, 0) is 48.6 Å². The number of nitrogens with zero attached hydrogens (tertiary/aromatic N) is 1. The van der Waals surface area contributed by atoms with Crippen molar-refractivity contribution in [1.82, 2.24) is 5.32 Å². The Labute approximate surface area is 121 Å². The lowest BCUT2D eigenvalue weighted by molar-refractivity contribution is 0.627. The van der Waals surface area contributed by atoms with E-state index in [-0.39, 0.29) is 6.04 Å². The Balaban J connectivity index is 2.17. The first-order valence-corrected chi connectivity index (χ1v) is 6.86. The molecule has 0 bridgehead atoms. The molecule has 102 valence electrons. The monoisotopic (exact) mass is 264 g/mol. The van der Waals surface area contributed by atoms with E-state index >= 15 is 0 Å². The Morgan fingerprint density at radius 1 is 1.00 bits per heavy atom. The Morgan fingerprint density at radius 2 is 1.65 bits per heavy atom. The number of nitrogens with one attached hydrogen (secondary N) is 1. The highest BCUT2D eigenvalue weighted by Gasteiger charge is 2.13. The number of hydrogen-bond acceptors (Lipinski definition) is 2. The van der Waals surface area contributed by atoms with Crippen molar-refractivity contribution in [2.75, 3.05) is 0 Å². The molecule has 0 fully saturated rings. The van der Waals surface area contributed by atoms with E-state index in [4.69, 9.17) is 0 Å². The maximum Gasteiger partial charge on any atom is 0.121 e. The summed E-state index contributed by atoms with van der Waals surface area (Å²) in [7, 11) is 0. The topological polar surface area (TPSA) is 35.8 Å². The smallest absolute Gasteiger partial charge is 0.121 e. The summed E-state index contributed by atoms with van der Waals surface area (Å²) in [5.74, 6) is 0. The molecule has 1 atom stereocenters. The molecule has 0 spiro atoms. The van der Waals surface area contributed by atoms with Gasteiger partial charge in [-0.1, -0.05) is 42.5 Å². The summed E-state index contributed by atoms with van der Waals surface area (Å²) in [6.45, 7) is 6.95. The van der Waals surface area contributed by atoms with Gasteiger partial charge in [-0.15, -0.1) is 0 Å². The predicted octanol–water partition coefficient (Wildman–Crippen LogP) is 3.97. The van der Waals surface area contributed by atoms with Gasteiger partial charge in [0.1, 0.15) is 6.04 Å². The summed E-state index contributed by atoms with van der Waals surface area (Å²) >= 11 is 0. The molecule has 0 saturated heterocycles. The second kappa shape index (κ2) is 6.36. The molecule has 0 aliphatic carbocycles. The van der Waals surface area contributed by atoms with E-state index in [9.17, 15) is 5.26 Å². The molecule has 0 amide bonds. The van der Waals surface area contributed by atoms with Crippen molar-refractivity contribution in [2.24, 2.45) is 0 Å². The first-order chi connectivity index (χ1) is 9.61. The van der Waals surface area contributed by atoms with Crippen molar-refractivity contribution >= 4 is 0 Å². The summed E-state index contributed by atoms with van der Waals surface area (Å²) in [6, 6.07) is 16.5. The lowest BCUT2D eigenvalue weighted by atomic mass is 9.96. The second-order valence-electron chi connectivity index (χ2n) is 5.22. The molecule has 0 saturated carbocycles. The van der Waals surface area contributed by atoms with Crippen molar-refractivity contribution in [3.05, 3.63) is 70.3 Å². The van der Waals surface area contributed by atoms with Crippen molar-refractivity contribution in [3.63, 3.8) is 0 Å². The van der Waals surface area contributed by atoms with Crippen LogP contribution in [0.15, 0.2) is 42.5 Å². The van der Waals surface area contributed by atoms with E-state index in [1.165, 1.54) is 22.3 Å². The number of aryl methyl sites for hydroxylation is 3. The Kier molecular flexibility index (Phi) is 4.55. The summed E-state index contributed by atoms with van der Waals surface area (Å²) < 4.78 is 0. The van der Waals surface area contributed by atoms with Crippen LogP contribution in [0.3, 0.4) is 0 Å². The van der Waals surface area contributed by atoms with E-state index < -0.39 is 0 Å². The molecule has 2 heteroatoms. The van der Waals surface area contributed by atoms with Crippen LogP contribution in [0.5, 0.6) is 0 Å². The van der Waals surface area contributed by atoms with Crippen LogP contribution in [0.1, 0.15) is 33.9 Å². The van der Waals surface area contributed by atoms with Crippen molar-refractivity contribution < 1.29 is 0 Å². The number of hydrogen-bond donors (Lipinski definition) is 1. The minimum Gasteiger partial charge on any atom is -0.294 e. The average Bonchev–Trinajstić information content (AvgIpc) is 2.46. The summed E-state index contributed by atoms with van der Waals surface area (Å²) in [6.07, 6.45) is 0. The highest BCUT2D eigenvalue weighted by molar-refractivity contribution is 5.40. The van der Waals surface area contributed by atoms with E-state index in [0.717, 1.165) is 5.56 Å². The van der Waals surface area contributed by atoms with Gasteiger partial charge in [0, 0.05) is 6.54 Å². The third-order valence-corrected chi connectivity index (χ3v) is 3.68.